The van der Waals surface area contributed by atoms with Crippen LogP contribution in [0.15, 0.2) is 24.3 Å². The van der Waals surface area contributed by atoms with Gasteiger partial charge in [-0.1, -0.05) is 32.0 Å². The molecule has 0 saturated heterocycles. The molecule has 2 rings (SSSR count). The molecule has 1 aromatic rings. The molecule has 1 N–H and O–H groups in total. The second-order valence-corrected chi connectivity index (χ2v) is 6.26. The Morgan fingerprint density at radius 1 is 1.30 bits per heavy atom. The van der Waals surface area contributed by atoms with E-state index < -0.39 is 0 Å². The number of nitrogens with one attached hydrogen (secondary N) is 1. The van der Waals surface area contributed by atoms with Gasteiger partial charge in [-0.3, -0.25) is 0 Å². The molecule has 0 aromatic heterocycles. The lowest BCUT2D eigenvalue weighted by molar-refractivity contribution is -0.114. The summed E-state index contributed by atoms with van der Waals surface area (Å²) >= 11 is 0. The first kappa shape index (κ1) is 15.5. The molecule has 20 heavy (non-hydrogen) atoms. The largest absolute Gasteiger partial charge is 0.370 e. The van der Waals surface area contributed by atoms with Crippen LogP contribution in [0, 0.1) is 11.7 Å². The summed E-state index contributed by atoms with van der Waals surface area (Å²) in [5.74, 6) is 0.506. The van der Waals surface area contributed by atoms with Crippen LogP contribution < -0.4 is 5.32 Å². The summed E-state index contributed by atoms with van der Waals surface area (Å²) in [6, 6.07) is 6.88. The third-order valence-electron chi connectivity index (χ3n) is 4.07. The van der Waals surface area contributed by atoms with Crippen molar-refractivity contribution in [1.82, 2.24) is 5.32 Å². The highest BCUT2D eigenvalue weighted by atomic mass is 19.1. The fraction of sp³-hybridized carbons (Fsp3) is 0.647. The summed E-state index contributed by atoms with van der Waals surface area (Å²) < 4.78 is 19.6. The van der Waals surface area contributed by atoms with Crippen LogP contribution in [-0.2, 0) is 11.3 Å². The van der Waals surface area contributed by atoms with Gasteiger partial charge in [-0.05, 0) is 50.8 Å². The van der Waals surface area contributed by atoms with Gasteiger partial charge in [0.15, 0.2) is 0 Å². The summed E-state index contributed by atoms with van der Waals surface area (Å²) in [6.45, 7) is 6.83. The zero-order chi connectivity index (χ0) is 14.4. The van der Waals surface area contributed by atoms with E-state index in [9.17, 15) is 4.39 Å². The molecule has 0 radical (unpaired) electrons. The number of ether oxygens (including phenoxy) is 1. The Hall–Kier alpha value is -0.930. The lowest BCUT2D eigenvalue weighted by Gasteiger charge is -2.42. The summed E-state index contributed by atoms with van der Waals surface area (Å²) in [6.07, 6.45) is 4.45. The fourth-order valence-electron chi connectivity index (χ4n) is 2.59. The minimum absolute atomic E-state index is 0.0216. The molecule has 0 atom stereocenters. The Bertz CT molecular complexity index is 415. The SMILES string of the molecule is CC(C)CNCCC1(OCc2ccccc2F)CCC1. The van der Waals surface area contributed by atoms with E-state index >= 15 is 0 Å². The normalized spacial score (nSPS) is 17.2. The van der Waals surface area contributed by atoms with Gasteiger partial charge in [0.25, 0.3) is 0 Å². The molecule has 1 aliphatic rings. The molecule has 112 valence electrons. The zero-order valence-corrected chi connectivity index (χ0v) is 12.6. The first-order valence-corrected chi connectivity index (χ1v) is 7.69. The maximum atomic E-state index is 13.6. The van der Waals surface area contributed by atoms with E-state index in [0.717, 1.165) is 32.4 Å². The van der Waals surface area contributed by atoms with Gasteiger partial charge in [-0.15, -0.1) is 0 Å². The summed E-state index contributed by atoms with van der Waals surface area (Å²) in [4.78, 5) is 0. The van der Waals surface area contributed by atoms with Crippen LogP contribution in [0.5, 0.6) is 0 Å². The third-order valence-corrected chi connectivity index (χ3v) is 4.07. The Morgan fingerprint density at radius 2 is 2.05 bits per heavy atom. The van der Waals surface area contributed by atoms with Crippen LogP contribution in [0.1, 0.15) is 45.1 Å². The van der Waals surface area contributed by atoms with Gasteiger partial charge >= 0.3 is 0 Å². The van der Waals surface area contributed by atoms with Crippen molar-refractivity contribution in [2.75, 3.05) is 13.1 Å². The van der Waals surface area contributed by atoms with Crippen LogP contribution in [0.4, 0.5) is 4.39 Å². The van der Waals surface area contributed by atoms with E-state index in [4.69, 9.17) is 4.74 Å². The van der Waals surface area contributed by atoms with Crippen molar-refractivity contribution < 1.29 is 9.13 Å². The van der Waals surface area contributed by atoms with E-state index in [-0.39, 0.29) is 11.4 Å². The Balaban J connectivity index is 1.78. The molecule has 1 fully saturated rings. The van der Waals surface area contributed by atoms with Gasteiger partial charge in [0.05, 0.1) is 12.2 Å². The maximum absolute atomic E-state index is 13.6. The number of hydrogen-bond donors (Lipinski definition) is 1. The topological polar surface area (TPSA) is 21.3 Å². The molecule has 0 aliphatic heterocycles. The van der Waals surface area contributed by atoms with E-state index in [0.29, 0.717) is 18.1 Å². The fourth-order valence-corrected chi connectivity index (χ4v) is 2.59. The van der Waals surface area contributed by atoms with Crippen molar-refractivity contribution >= 4 is 0 Å². The van der Waals surface area contributed by atoms with Crippen molar-refractivity contribution in [2.24, 2.45) is 5.92 Å². The molecule has 0 bridgehead atoms. The van der Waals surface area contributed by atoms with E-state index in [2.05, 4.69) is 19.2 Å². The van der Waals surface area contributed by atoms with Crippen LogP contribution >= 0.6 is 0 Å². The van der Waals surface area contributed by atoms with Gasteiger partial charge in [-0.25, -0.2) is 4.39 Å². The Morgan fingerprint density at radius 3 is 2.65 bits per heavy atom. The first-order chi connectivity index (χ1) is 9.61. The van der Waals surface area contributed by atoms with Gasteiger partial charge in [0.2, 0.25) is 0 Å². The number of hydrogen-bond acceptors (Lipinski definition) is 2. The summed E-state index contributed by atoms with van der Waals surface area (Å²) in [7, 11) is 0. The highest BCUT2D eigenvalue weighted by Gasteiger charge is 2.37. The Kier molecular flexibility index (Phi) is 5.55. The quantitative estimate of drug-likeness (QED) is 0.729. The highest BCUT2D eigenvalue weighted by Crippen LogP contribution is 2.39. The zero-order valence-electron chi connectivity index (χ0n) is 12.6. The molecule has 0 amide bonds. The van der Waals surface area contributed by atoms with Crippen LogP contribution in [0.3, 0.4) is 0 Å². The van der Waals surface area contributed by atoms with Gasteiger partial charge in [0.1, 0.15) is 5.82 Å². The van der Waals surface area contributed by atoms with Gasteiger partial charge in [0, 0.05) is 5.56 Å². The monoisotopic (exact) mass is 279 g/mol. The Labute approximate surface area is 121 Å². The standard InChI is InChI=1S/C17H26FNO/c1-14(2)12-19-11-10-17(8-5-9-17)20-13-15-6-3-4-7-16(15)18/h3-4,6-7,14,19H,5,8-13H2,1-2H3. The van der Waals surface area contributed by atoms with Crippen LogP contribution in [0.2, 0.25) is 0 Å². The van der Waals surface area contributed by atoms with E-state index in [1.165, 1.54) is 12.5 Å². The predicted molar refractivity (Wildman–Crippen MR) is 80.1 cm³/mol. The molecular formula is C17H26FNO. The van der Waals surface area contributed by atoms with Crippen LogP contribution in [0.25, 0.3) is 0 Å². The third kappa shape index (κ3) is 4.29. The average Bonchev–Trinajstić information content (AvgIpc) is 2.37. The molecular weight excluding hydrogens is 253 g/mol. The smallest absolute Gasteiger partial charge is 0.128 e. The molecule has 0 heterocycles. The molecule has 0 unspecified atom stereocenters. The van der Waals surface area contributed by atoms with Crippen molar-refractivity contribution in [1.29, 1.82) is 0 Å². The van der Waals surface area contributed by atoms with Gasteiger partial charge in [-0.2, -0.15) is 0 Å². The van der Waals surface area contributed by atoms with Crippen molar-refractivity contribution in [3.8, 4) is 0 Å². The second-order valence-electron chi connectivity index (χ2n) is 6.26. The molecule has 1 aromatic carbocycles. The predicted octanol–water partition coefficient (Wildman–Crippen LogP) is 3.90. The van der Waals surface area contributed by atoms with Crippen molar-refractivity contribution in [3.63, 3.8) is 0 Å². The highest BCUT2D eigenvalue weighted by molar-refractivity contribution is 5.16. The molecule has 0 spiro atoms. The first-order valence-electron chi connectivity index (χ1n) is 7.69. The number of halogens is 1. The summed E-state index contributed by atoms with van der Waals surface area (Å²) in [5.41, 5.74) is 0.639. The summed E-state index contributed by atoms with van der Waals surface area (Å²) in [5, 5.41) is 3.46. The maximum Gasteiger partial charge on any atom is 0.128 e. The van der Waals surface area contributed by atoms with Crippen molar-refractivity contribution in [3.05, 3.63) is 35.6 Å². The average molecular weight is 279 g/mol. The molecule has 1 saturated carbocycles. The lowest BCUT2D eigenvalue weighted by Crippen LogP contribution is -2.42. The second kappa shape index (κ2) is 7.19. The van der Waals surface area contributed by atoms with E-state index in [1.807, 2.05) is 6.07 Å². The van der Waals surface area contributed by atoms with E-state index in [1.54, 1.807) is 12.1 Å². The minimum Gasteiger partial charge on any atom is -0.370 e. The number of rotatable bonds is 8. The minimum atomic E-state index is -0.167. The lowest BCUT2D eigenvalue weighted by atomic mass is 9.77. The number of benzene rings is 1. The van der Waals surface area contributed by atoms with Crippen molar-refractivity contribution in [2.45, 2.75) is 51.7 Å². The molecule has 2 nitrogen and oxygen atoms in total. The van der Waals surface area contributed by atoms with Gasteiger partial charge < -0.3 is 10.1 Å². The molecule has 1 aliphatic carbocycles. The van der Waals surface area contributed by atoms with Crippen LogP contribution in [-0.4, -0.2) is 18.7 Å². The molecule has 3 heteroatoms.